The Hall–Kier alpha value is -2.26. The van der Waals surface area contributed by atoms with Gasteiger partial charge in [-0.1, -0.05) is 29.3 Å². The summed E-state index contributed by atoms with van der Waals surface area (Å²) in [6.07, 6.45) is 4.23. The Morgan fingerprint density at radius 1 is 1.21 bits per heavy atom. The highest BCUT2D eigenvalue weighted by Gasteiger charge is 2.45. The van der Waals surface area contributed by atoms with E-state index >= 15 is 0 Å². The van der Waals surface area contributed by atoms with Gasteiger partial charge in [-0.25, -0.2) is 0 Å². The number of amides is 1. The highest BCUT2D eigenvalue weighted by atomic mass is 35.5. The molecule has 122 valence electrons. The maximum atomic E-state index is 12.4. The maximum Gasteiger partial charge on any atom is 0.251 e. The lowest BCUT2D eigenvalue weighted by Gasteiger charge is -2.16. The quantitative estimate of drug-likeness (QED) is 0.718. The molecule has 0 bridgehead atoms. The van der Waals surface area contributed by atoms with Crippen molar-refractivity contribution in [1.29, 1.82) is 0 Å². The molecule has 0 saturated heterocycles. The van der Waals surface area contributed by atoms with Gasteiger partial charge in [0.1, 0.15) is 0 Å². The second kappa shape index (κ2) is 5.67. The van der Waals surface area contributed by atoms with Crippen molar-refractivity contribution in [2.24, 2.45) is 0 Å². The van der Waals surface area contributed by atoms with Crippen molar-refractivity contribution in [3.63, 3.8) is 0 Å². The minimum absolute atomic E-state index is 0.0147. The summed E-state index contributed by atoms with van der Waals surface area (Å²) >= 11 is 6.15. The molecule has 4 heteroatoms. The van der Waals surface area contributed by atoms with Crippen LogP contribution in [0.4, 0.5) is 0 Å². The third-order valence-corrected chi connectivity index (χ3v) is 5.20. The molecule has 1 aromatic heterocycles. The predicted octanol–water partition coefficient (Wildman–Crippen LogP) is 4.59. The fourth-order valence-electron chi connectivity index (χ4n) is 3.28. The van der Waals surface area contributed by atoms with Gasteiger partial charge in [0.25, 0.3) is 5.91 Å². The van der Waals surface area contributed by atoms with Crippen molar-refractivity contribution in [2.75, 3.05) is 6.54 Å². The highest BCUT2D eigenvalue weighted by molar-refractivity contribution is 6.31. The number of fused-ring (bicyclic) bond motifs is 1. The monoisotopic (exact) mass is 338 g/mol. The van der Waals surface area contributed by atoms with Gasteiger partial charge in [0, 0.05) is 39.6 Å². The lowest BCUT2D eigenvalue weighted by molar-refractivity contribution is 0.0949. The van der Waals surface area contributed by atoms with E-state index in [0.29, 0.717) is 12.1 Å². The molecule has 1 aliphatic carbocycles. The van der Waals surface area contributed by atoms with Gasteiger partial charge in [0.2, 0.25) is 0 Å². The number of aromatic amines is 1. The van der Waals surface area contributed by atoms with Crippen molar-refractivity contribution >= 4 is 28.4 Å². The Morgan fingerprint density at radius 2 is 1.96 bits per heavy atom. The van der Waals surface area contributed by atoms with Gasteiger partial charge in [-0.2, -0.15) is 0 Å². The first kappa shape index (κ1) is 15.3. The first-order valence-electron chi connectivity index (χ1n) is 8.19. The fourth-order valence-corrected chi connectivity index (χ4v) is 3.45. The van der Waals surface area contributed by atoms with E-state index in [2.05, 4.69) is 16.5 Å². The van der Waals surface area contributed by atoms with Gasteiger partial charge in [-0.3, -0.25) is 4.79 Å². The van der Waals surface area contributed by atoms with Crippen molar-refractivity contribution in [1.82, 2.24) is 10.3 Å². The normalized spacial score (nSPS) is 15.4. The van der Waals surface area contributed by atoms with E-state index < -0.39 is 0 Å². The van der Waals surface area contributed by atoms with E-state index in [1.807, 2.05) is 49.4 Å². The average molecular weight is 339 g/mol. The van der Waals surface area contributed by atoms with E-state index in [1.54, 1.807) is 0 Å². The average Bonchev–Trinajstić information content (AvgIpc) is 3.25. The summed E-state index contributed by atoms with van der Waals surface area (Å²) in [4.78, 5) is 15.7. The molecule has 0 unspecified atom stereocenters. The third kappa shape index (κ3) is 2.69. The van der Waals surface area contributed by atoms with Crippen LogP contribution in [0.1, 0.15) is 34.3 Å². The summed E-state index contributed by atoms with van der Waals surface area (Å²) in [5.74, 6) is -0.0147. The molecule has 4 rings (SSSR count). The number of carbonyl (C=O) groups excluding carboxylic acids is 1. The number of carbonyl (C=O) groups is 1. The van der Waals surface area contributed by atoms with Crippen LogP contribution in [-0.4, -0.2) is 17.4 Å². The van der Waals surface area contributed by atoms with Crippen LogP contribution in [0.3, 0.4) is 0 Å². The molecule has 0 spiro atoms. The lowest BCUT2D eigenvalue weighted by atomic mass is 9.95. The summed E-state index contributed by atoms with van der Waals surface area (Å²) in [7, 11) is 0. The molecule has 1 saturated carbocycles. The number of nitrogens with one attached hydrogen (secondary N) is 2. The molecular formula is C20H19ClN2O. The van der Waals surface area contributed by atoms with Crippen LogP contribution in [0.5, 0.6) is 0 Å². The standard InChI is InChI=1S/C20H19ClN2O/c1-13-2-4-14(5-3-13)19(24)23-12-20(8-9-20)17-11-22-18-7-6-15(21)10-16(17)18/h2-7,10-11,22H,8-9,12H2,1H3,(H,23,24). The molecular weight excluding hydrogens is 320 g/mol. The largest absolute Gasteiger partial charge is 0.361 e. The SMILES string of the molecule is Cc1ccc(C(=O)NCC2(c3c[nH]c4ccc(Cl)cc34)CC2)cc1. The summed E-state index contributed by atoms with van der Waals surface area (Å²) in [6, 6.07) is 13.6. The van der Waals surface area contributed by atoms with Crippen LogP contribution < -0.4 is 5.32 Å². The molecule has 0 atom stereocenters. The number of H-pyrrole nitrogens is 1. The number of benzene rings is 2. The second-order valence-electron chi connectivity index (χ2n) is 6.72. The molecule has 3 nitrogen and oxygen atoms in total. The Bertz CT molecular complexity index is 907. The van der Waals surface area contributed by atoms with Gasteiger partial charge in [-0.05, 0) is 55.7 Å². The summed E-state index contributed by atoms with van der Waals surface area (Å²) in [5, 5.41) is 5.00. The Labute approximate surface area is 146 Å². The minimum Gasteiger partial charge on any atom is -0.361 e. The van der Waals surface area contributed by atoms with Gasteiger partial charge in [-0.15, -0.1) is 0 Å². The molecule has 1 heterocycles. The van der Waals surface area contributed by atoms with Crippen LogP contribution >= 0.6 is 11.6 Å². The van der Waals surface area contributed by atoms with Crippen LogP contribution in [0, 0.1) is 6.92 Å². The van der Waals surface area contributed by atoms with Gasteiger partial charge < -0.3 is 10.3 Å². The van der Waals surface area contributed by atoms with E-state index in [9.17, 15) is 4.79 Å². The zero-order valence-electron chi connectivity index (χ0n) is 13.5. The van der Waals surface area contributed by atoms with E-state index in [4.69, 9.17) is 11.6 Å². The zero-order valence-corrected chi connectivity index (χ0v) is 14.3. The Balaban J connectivity index is 1.54. The molecule has 3 aromatic rings. The second-order valence-corrected chi connectivity index (χ2v) is 7.16. The summed E-state index contributed by atoms with van der Waals surface area (Å²) in [5.41, 5.74) is 4.23. The molecule has 1 amide bonds. The van der Waals surface area contributed by atoms with Gasteiger partial charge in [0.05, 0.1) is 0 Å². The van der Waals surface area contributed by atoms with Crippen LogP contribution in [0.25, 0.3) is 10.9 Å². The number of halogens is 1. The van der Waals surface area contributed by atoms with Crippen LogP contribution in [0.2, 0.25) is 5.02 Å². The first-order valence-corrected chi connectivity index (χ1v) is 8.57. The Kier molecular flexibility index (Phi) is 3.61. The maximum absolute atomic E-state index is 12.4. The minimum atomic E-state index is -0.0147. The number of aromatic nitrogens is 1. The molecule has 0 radical (unpaired) electrons. The Morgan fingerprint density at radius 3 is 2.67 bits per heavy atom. The smallest absolute Gasteiger partial charge is 0.251 e. The topological polar surface area (TPSA) is 44.9 Å². The number of hydrogen-bond donors (Lipinski definition) is 2. The van der Waals surface area contributed by atoms with Crippen molar-refractivity contribution in [3.05, 3.63) is 70.4 Å². The third-order valence-electron chi connectivity index (χ3n) is 4.97. The summed E-state index contributed by atoms with van der Waals surface area (Å²) < 4.78 is 0. The van der Waals surface area contributed by atoms with Gasteiger partial charge >= 0.3 is 0 Å². The summed E-state index contributed by atoms with van der Waals surface area (Å²) in [6.45, 7) is 2.67. The fraction of sp³-hybridized carbons (Fsp3) is 0.250. The molecule has 1 fully saturated rings. The van der Waals surface area contributed by atoms with Crippen LogP contribution in [0.15, 0.2) is 48.7 Å². The first-order chi connectivity index (χ1) is 11.6. The molecule has 2 N–H and O–H groups in total. The molecule has 24 heavy (non-hydrogen) atoms. The number of aryl methyl sites for hydroxylation is 1. The molecule has 1 aliphatic rings. The number of hydrogen-bond acceptors (Lipinski definition) is 1. The van der Waals surface area contributed by atoms with Gasteiger partial charge in [0.15, 0.2) is 0 Å². The van der Waals surface area contributed by atoms with Crippen molar-refractivity contribution < 1.29 is 4.79 Å². The lowest BCUT2D eigenvalue weighted by Crippen LogP contribution is -2.32. The highest BCUT2D eigenvalue weighted by Crippen LogP contribution is 2.50. The number of rotatable bonds is 4. The van der Waals surface area contributed by atoms with Crippen LogP contribution in [-0.2, 0) is 5.41 Å². The van der Waals surface area contributed by atoms with E-state index in [0.717, 1.165) is 34.3 Å². The molecule has 0 aliphatic heterocycles. The van der Waals surface area contributed by atoms with Crippen molar-refractivity contribution in [3.8, 4) is 0 Å². The van der Waals surface area contributed by atoms with E-state index in [1.165, 1.54) is 5.56 Å². The predicted molar refractivity (Wildman–Crippen MR) is 97.7 cm³/mol. The zero-order chi connectivity index (χ0) is 16.7. The van der Waals surface area contributed by atoms with Crippen molar-refractivity contribution in [2.45, 2.75) is 25.2 Å². The molecule has 2 aromatic carbocycles. The van der Waals surface area contributed by atoms with E-state index in [-0.39, 0.29) is 11.3 Å².